The molecule has 0 aromatic carbocycles. The number of carboxylic acids is 1. The Kier molecular flexibility index (Phi) is 11.9. The molecule has 1 saturated heterocycles. The van der Waals surface area contributed by atoms with Crippen molar-refractivity contribution in [3.8, 4) is 0 Å². The van der Waals surface area contributed by atoms with E-state index in [0.29, 0.717) is 38.8 Å². The lowest BCUT2D eigenvalue weighted by Crippen LogP contribution is -2.50. The second-order valence-electron chi connectivity index (χ2n) is 10.9. The van der Waals surface area contributed by atoms with E-state index in [2.05, 4.69) is 33.1 Å². The molecule has 1 heterocycles. The van der Waals surface area contributed by atoms with Gasteiger partial charge in [-0.3, -0.25) is 19.3 Å². The van der Waals surface area contributed by atoms with Gasteiger partial charge in [-0.25, -0.2) is 4.79 Å². The average molecular weight is 524 g/mol. The number of aliphatic carboxylic acids is 1. The number of rotatable bonds is 11. The summed E-state index contributed by atoms with van der Waals surface area (Å²) >= 11 is 0. The second-order valence-corrected chi connectivity index (χ2v) is 10.9. The molecule has 3 atom stereocenters. The third kappa shape index (κ3) is 10.9. The first kappa shape index (κ1) is 29.2. The van der Waals surface area contributed by atoms with E-state index < -0.39 is 12.0 Å². The van der Waals surface area contributed by atoms with E-state index in [-0.39, 0.29) is 55.2 Å². The van der Waals surface area contributed by atoms with Crippen LogP contribution in [0.4, 0.5) is 4.79 Å². The summed E-state index contributed by atoms with van der Waals surface area (Å²) in [4.78, 5) is 50.5. The van der Waals surface area contributed by atoms with Crippen molar-refractivity contribution < 1.29 is 29.0 Å². The van der Waals surface area contributed by atoms with Crippen molar-refractivity contribution in [2.75, 3.05) is 32.8 Å². The molecule has 0 radical (unpaired) electrons. The lowest BCUT2D eigenvalue weighted by molar-refractivity contribution is -0.138. The number of amides is 4. The van der Waals surface area contributed by atoms with E-state index >= 15 is 0 Å². The highest BCUT2D eigenvalue weighted by atomic mass is 16.5. The number of carbonyl (C=O) groups excluding carboxylic acids is 3. The highest BCUT2D eigenvalue weighted by Crippen LogP contribution is 2.24. The summed E-state index contributed by atoms with van der Waals surface area (Å²) in [5.41, 5.74) is 0. The number of nitrogens with one attached hydrogen (secondary N) is 4. The van der Waals surface area contributed by atoms with Crippen LogP contribution in [0, 0.1) is 5.92 Å². The van der Waals surface area contributed by atoms with Crippen molar-refractivity contribution in [3.05, 3.63) is 0 Å². The molecule has 3 fully saturated rings. The summed E-state index contributed by atoms with van der Waals surface area (Å²) in [6.07, 6.45) is 7.69. The van der Waals surface area contributed by atoms with Gasteiger partial charge in [-0.15, -0.1) is 0 Å². The molecule has 2 saturated carbocycles. The van der Waals surface area contributed by atoms with Crippen molar-refractivity contribution in [2.24, 2.45) is 5.92 Å². The summed E-state index contributed by atoms with van der Waals surface area (Å²) in [6, 6.07) is -0.202. The van der Waals surface area contributed by atoms with E-state index in [1.807, 2.05) is 0 Å². The van der Waals surface area contributed by atoms with Gasteiger partial charge < -0.3 is 31.1 Å². The molecule has 0 aromatic heterocycles. The number of carbonyl (C=O) groups is 4. The van der Waals surface area contributed by atoms with Gasteiger partial charge in [-0.05, 0) is 44.4 Å². The fourth-order valence-electron chi connectivity index (χ4n) is 5.60. The van der Waals surface area contributed by atoms with Crippen LogP contribution in [0.2, 0.25) is 0 Å². The Balaban J connectivity index is 1.30. The smallest absolute Gasteiger partial charge is 0.315 e. The van der Waals surface area contributed by atoms with Crippen molar-refractivity contribution in [2.45, 2.75) is 102 Å². The summed E-state index contributed by atoms with van der Waals surface area (Å²) in [5, 5.41) is 21.2. The third-order valence-corrected chi connectivity index (χ3v) is 7.80. The minimum Gasteiger partial charge on any atom is -0.481 e. The standard InChI is InChI=1S/C26H45N5O6/c1-18-4-2-3-5-22(18)30-26(36)29-20-8-6-19(7-9-20)27-23(32)10-11-24(33)28-21(16-25(34)35)17-31-12-14-37-15-13-31/h18-22H,2-17H2,1H3,(H,27,32)(H,28,33)(H,34,35)(H2,29,30,36). The molecule has 5 N–H and O–H groups in total. The van der Waals surface area contributed by atoms with Crippen molar-refractivity contribution in [1.29, 1.82) is 0 Å². The first-order valence-corrected chi connectivity index (χ1v) is 14.0. The van der Waals surface area contributed by atoms with Gasteiger partial charge >= 0.3 is 12.0 Å². The zero-order valence-corrected chi connectivity index (χ0v) is 22.1. The van der Waals surface area contributed by atoms with Crippen LogP contribution in [0.5, 0.6) is 0 Å². The topological polar surface area (TPSA) is 149 Å². The third-order valence-electron chi connectivity index (χ3n) is 7.80. The lowest BCUT2D eigenvalue weighted by Gasteiger charge is -2.32. The van der Waals surface area contributed by atoms with Crippen LogP contribution >= 0.6 is 0 Å². The molecule has 3 rings (SSSR count). The molecule has 37 heavy (non-hydrogen) atoms. The van der Waals surface area contributed by atoms with E-state index in [0.717, 1.165) is 38.5 Å². The highest BCUT2D eigenvalue weighted by molar-refractivity contribution is 5.84. The molecular weight excluding hydrogens is 478 g/mol. The van der Waals surface area contributed by atoms with Crippen molar-refractivity contribution >= 4 is 23.8 Å². The molecule has 11 nitrogen and oxygen atoms in total. The number of nitrogens with zero attached hydrogens (tertiary/aromatic N) is 1. The molecule has 0 bridgehead atoms. The lowest BCUT2D eigenvalue weighted by atomic mass is 9.86. The number of urea groups is 1. The predicted molar refractivity (Wildman–Crippen MR) is 138 cm³/mol. The minimum absolute atomic E-state index is 0.0156. The monoisotopic (exact) mass is 523 g/mol. The molecule has 210 valence electrons. The summed E-state index contributed by atoms with van der Waals surface area (Å²) in [6.45, 7) is 5.24. The fourth-order valence-corrected chi connectivity index (χ4v) is 5.60. The molecular formula is C26H45N5O6. The summed E-state index contributed by atoms with van der Waals surface area (Å²) in [7, 11) is 0. The molecule has 11 heteroatoms. The van der Waals surface area contributed by atoms with Gasteiger partial charge in [-0.1, -0.05) is 19.8 Å². The average Bonchev–Trinajstić information content (AvgIpc) is 2.85. The number of morpholine rings is 1. The van der Waals surface area contributed by atoms with Crippen LogP contribution in [-0.4, -0.2) is 90.8 Å². The zero-order chi connectivity index (χ0) is 26.6. The van der Waals surface area contributed by atoms with Gasteiger partial charge in [-0.2, -0.15) is 0 Å². The van der Waals surface area contributed by atoms with Crippen LogP contribution in [0.1, 0.15) is 77.6 Å². The van der Waals surface area contributed by atoms with Gasteiger partial charge in [0.2, 0.25) is 11.8 Å². The first-order valence-electron chi connectivity index (χ1n) is 14.0. The Morgan fingerprint density at radius 1 is 0.865 bits per heavy atom. The molecule has 0 aromatic rings. The van der Waals surface area contributed by atoms with Gasteiger partial charge in [0.15, 0.2) is 0 Å². The van der Waals surface area contributed by atoms with Crippen LogP contribution in [0.15, 0.2) is 0 Å². The quantitative estimate of drug-likeness (QED) is 0.275. The maximum absolute atomic E-state index is 12.4. The number of ether oxygens (including phenoxy) is 1. The van der Waals surface area contributed by atoms with E-state index in [9.17, 15) is 24.3 Å². The number of hydrogen-bond acceptors (Lipinski definition) is 6. The van der Waals surface area contributed by atoms with Gasteiger partial charge in [0.25, 0.3) is 0 Å². The first-order chi connectivity index (χ1) is 17.8. The largest absolute Gasteiger partial charge is 0.481 e. The minimum atomic E-state index is -0.970. The fraction of sp³-hybridized carbons (Fsp3) is 0.846. The summed E-state index contributed by atoms with van der Waals surface area (Å²) in [5.74, 6) is -0.956. The van der Waals surface area contributed by atoms with Crippen molar-refractivity contribution in [1.82, 2.24) is 26.2 Å². The summed E-state index contributed by atoms with van der Waals surface area (Å²) < 4.78 is 5.31. The Labute approximate surface area is 219 Å². The molecule has 0 spiro atoms. The van der Waals surface area contributed by atoms with E-state index in [1.165, 1.54) is 12.8 Å². The van der Waals surface area contributed by atoms with Gasteiger partial charge in [0, 0.05) is 50.6 Å². The Bertz CT molecular complexity index is 767. The van der Waals surface area contributed by atoms with Gasteiger partial charge in [0.05, 0.1) is 25.7 Å². The number of carboxylic acid groups (broad SMARTS) is 1. The Morgan fingerprint density at radius 2 is 1.49 bits per heavy atom. The van der Waals surface area contributed by atoms with Crippen molar-refractivity contribution in [3.63, 3.8) is 0 Å². The molecule has 4 amide bonds. The van der Waals surface area contributed by atoms with Crippen LogP contribution in [0.25, 0.3) is 0 Å². The van der Waals surface area contributed by atoms with Crippen LogP contribution in [-0.2, 0) is 19.1 Å². The van der Waals surface area contributed by atoms with Crippen LogP contribution < -0.4 is 21.3 Å². The highest BCUT2D eigenvalue weighted by Gasteiger charge is 2.27. The Hall–Kier alpha value is -2.40. The second kappa shape index (κ2) is 15.1. The van der Waals surface area contributed by atoms with E-state index in [1.54, 1.807) is 0 Å². The molecule has 2 aliphatic carbocycles. The zero-order valence-electron chi connectivity index (χ0n) is 22.1. The maximum atomic E-state index is 12.4. The van der Waals surface area contributed by atoms with E-state index in [4.69, 9.17) is 4.74 Å². The van der Waals surface area contributed by atoms with Crippen LogP contribution in [0.3, 0.4) is 0 Å². The normalized spacial score (nSPS) is 27.5. The molecule has 3 aliphatic rings. The maximum Gasteiger partial charge on any atom is 0.315 e. The SMILES string of the molecule is CC1CCCCC1NC(=O)NC1CCC(NC(=O)CCC(=O)NC(CC(=O)O)CN2CCOCC2)CC1. The molecule has 1 aliphatic heterocycles. The van der Waals surface area contributed by atoms with Gasteiger partial charge in [0.1, 0.15) is 0 Å². The predicted octanol–water partition coefficient (Wildman–Crippen LogP) is 1.36. The number of hydrogen-bond donors (Lipinski definition) is 5. The molecule has 3 unspecified atom stereocenters. The Morgan fingerprint density at radius 3 is 2.14 bits per heavy atom.